The Labute approximate surface area is 65.8 Å². The minimum atomic E-state index is 0.280. The summed E-state index contributed by atoms with van der Waals surface area (Å²) in [7, 11) is 0. The molecular weight excluding hydrogens is 155 g/mol. The van der Waals surface area contributed by atoms with E-state index in [4.69, 9.17) is 23.2 Å². The predicted octanol–water partition coefficient (Wildman–Crippen LogP) is 3.17. The van der Waals surface area contributed by atoms with E-state index >= 15 is 0 Å². The van der Waals surface area contributed by atoms with E-state index in [2.05, 4.69) is 20.3 Å². The standard InChI is InChI=1S/C7H9Cl2/c1-7(2)3-5(7)6(9)4-8/h3-5H,1-2H3/b6-4-. The molecule has 9 heavy (non-hydrogen) atoms. The molecule has 0 spiro atoms. The number of rotatable bonds is 1. The molecule has 0 bridgehead atoms. The Bertz CT molecular complexity index is 147. The van der Waals surface area contributed by atoms with Crippen molar-refractivity contribution >= 4 is 23.2 Å². The molecule has 1 saturated carbocycles. The van der Waals surface area contributed by atoms with Crippen molar-refractivity contribution in [2.24, 2.45) is 11.3 Å². The van der Waals surface area contributed by atoms with Gasteiger partial charge >= 0.3 is 0 Å². The minimum absolute atomic E-state index is 0.280. The lowest BCUT2D eigenvalue weighted by molar-refractivity contribution is 0.621. The van der Waals surface area contributed by atoms with E-state index in [9.17, 15) is 0 Å². The van der Waals surface area contributed by atoms with Crippen LogP contribution in [0.4, 0.5) is 0 Å². The first-order valence-corrected chi connectivity index (χ1v) is 3.71. The third-order valence-corrected chi connectivity index (χ3v) is 2.38. The lowest BCUT2D eigenvalue weighted by atomic mass is 10.1. The monoisotopic (exact) mass is 163 g/mol. The summed E-state index contributed by atoms with van der Waals surface area (Å²) >= 11 is 11.1. The van der Waals surface area contributed by atoms with E-state index in [1.165, 1.54) is 5.54 Å². The van der Waals surface area contributed by atoms with E-state index in [1.54, 1.807) is 0 Å². The van der Waals surface area contributed by atoms with Gasteiger partial charge in [0.25, 0.3) is 0 Å². The van der Waals surface area contributed by atoms with Crippen molar-refractivity contribution in [1.82, 2.24) is 0 Å². The van der Waals surface area contributed by atoms with Gasteiger partial charge in [-0.2, -0.15) is 0 Å². The Balaban J connectivity index is 2.52. The molecule has 1 radical (unpaired) electrons. The molecule has 1 fully saturated rings. The second-order valence-corrected chi connectivity index (χ2v) is 3.61. The van der Waals surface area contributed by atoms with Crippen LogP contribution in [-0.2, 0) is 0 Å². The van der Waals surface area contributed by atoms with E-state index < -0.39 is 0 Å². The average molecular weight is 164 g/mol. The van der Waals surface area contributed by atoms with Gasteiger partial charge in [0.15, 0.2) is 0 Å². The topological polar surface area (TPSA) is 0 Å². The Hall–Kier alpha value is 0.320. The molecular formula is C7H9Cl2. The van der Waals surface area contributed by atoms with E-state index in [0.717, 1.165) is 5.03 Å². The van der Waals surface area contributed by atoms with Crippen molar-refractivity contribution in [2.45, 2.75) is 13.8 Å². The fraction of sp³-hybridized carbons (Fsp3) is 0.571. The van der Waals surface area contributed by atoms with Gasteiger partial charge in [-0.05, 0) is 11.8 Å². The summed E-state index contributed by atoms with van der Waals surface area (Å²) in [6.07, 6.45) is 2.17. The van der Waals surface area contributed by atoms with Crippen LogP contribution < -0.4 is 0 Å². The van der Waals surface area contributed by atoms with Crippen molar-refractivity contribution in [3.8, 4) is 0 Å². The molecule has 0 aromatic heterocycles. The van der Waals surface area contributed by atoms with E-state index in [0.29, 0.717) is 5.92 Å². The highest BCUT2D eigenvalue weighted by atomic mass is 35.5. The molecule has 0 aromatic carbocycles. The van der Waals surface area contributed by atoms with Crippen molar-refractivity contribution < 1.29 is 0 Å². The van der Waals surface area contributed by atoms with Gasteiger partial charge < -0.3 is 0 Å². The first-order chi connectivity index (χ1) is 4.08. The molecule has 2 heteroatoms. The molecule has 51 valence electrons. The van der Waals surface area contributed by atoms with E-state index in [1.807, 2.05) is 0 Å². The Morgan fingerprint density at radius 1 is 1.67 bits per heavy atom. The van der Waals surface area contributed by atoms with Crippen LogP contribution in [0.3, 0.4) is 0 Å². The smallest absolute Gasteiger partial charge is 0.0333 e. The summed E-state index contributed by atoms with van der Waals surface area (Å²) < 4.78 is 0. The number of halogens is 2. The zero-order chi connectivity index (χ0) is 7.07. The fourth-order valence-electron chi connectivity index (χ4n) is 0.884. The zero-order valence-corrected chi connectivity index (χ0v) is 7.00. The third-order valence-electron chi connectivity index (χ3n) is 1.69. The van der Waals surface area contributed by atoms with Crippen LogP contribution in [0, 0.1) is 17.8 Å². The van der Waals surface area contributed by atoms with Gasteiger partial charge in [0.05, 0.1) is 0 Å². The van der Waals surface area contributed by atoms with Gasteiger partial charge in [-0.25, -0.2) is 0 Å². The normalized spacial score (nSPS) is 32.4. The van der Waals surface area contributed by atoms with Crippen LogP contribution in [-0.4, -0.2) is 0 Å². The van der Waals surface area contributed by atoms with Crippen LogP contribution >= 0.6 is 23.2 Å². The van der Waals surface area contributed by atoms with Crippen molar-refractivity contribution in [2.75, 3.05) is 0 Å². The Kier molecular flexibility index (Phi) is 1.79. The molecule has 0 heterocycles. The predicted molar refractivity (Wildman–Crippen MR) is 41.4 cm³/mol. The minimum Gasteiger partial charge on any atom is -0.0917 e. The van der Waals surface area contributed by atoms with Crippen LogP contribution in [0.15, 0.2) is 10.6 Å². The molecule has 1 aliphatic carbocycles. The molecule has 0 nitrogen and oxygen atoms in total. The zero-order valence-electron chi connectivity index (χ0n) is 5.49. The Morgan fingerprint density at radius 3 is 2.22 bits per heavy atom. The van der Waals surface area contributed by atoms with Gasteiger partial charge in [-0.1, -0.05) is 37.0 Å². The molecule has 0 N–H and O–H groups in total. The summed E-state index contributed by atoms with van der Waals surface area (Å²) in [5.74, 6) is 0.400. The maximum Gasteiger partial charge on any atom is 0.0333 e. The molecule has 0 saturated heterocycles. The first-order valence-electron chi connectivity index (χ1n) is 2.90. The largest absolute Gasteiger partial charge is 0.0917 e. The van der Waals surface area contributed by atoms with Gasteiger partial charge in [-0.15, -0.1) is 0 Å². The summed E-state index contributed by atoms with van der Waals surface area (Å²) in [6.45, 7) is 4.28. The summed E-state index contributed by atoms with van der Waals surface area (Å²) in [4.78, 5) is 0. The molecule has 1 unspecified atom stereocenters. The number of allylic oxidation sites excluding steroid dienone is 1. The van der Waals surface area contributed by atoms with Gasteiger partial charge in [0.2, 0.25) is 0 Å². The lowest BCUT2D eigenvalue weighted by Crippen LogP contribution is -1.88. The molecule has 0 aliphatic heterocycles. The Morgan fingerprint density at radius 2 is 2.11 bits per heavy atom. The first kappa shape index (κ1) is 7.43. The third kappa shape index (κ3) is 1.42. The van der Waals surface area contributed by atoms with Crippen LogP contribution in [0.5, 0.6) is 0 Å². The lowest BCUT2D eigenvalue weighted by Gasteiger charge is -1.98. The van der Waals surface area contributed by atoms with Crippen LogP contribution in [0.25, 0.3) is 0 Å². The van der Waals surface area contributed by atoms with Crippen molar-refractivity contribution in [1.29, 1.82) is 0 Å². The van der Waals surface area contributed by atoms with Crippen molar-refractivity contribution in [3.63, 3.8) is 0 Å². The van der Waals surface area contributed by atoms with Gasteiger partial charge in [0.1, 0.15) is 0 Å². The second-order valence-electron chi connectivity index (χ2n) is 2.96. The quantitative estimate of drug-likeness (QED) is 0.558. The summed E-state index contributed by atoms with van der Waals surface area (Å²) in [5.41, 5.74) is 1.72. The highest BCUT2D eigenvalue weighted by Gasteiger charge is 2.47. The summed E-state index contributed by atoms with van der Waals surface area (Å²) in [6, 6.07) is 0. The van der Waals surface area contributed by atoms with Gasteiger partial charge in [-0.3, -0.25) is 0 Å². The average Bonchev–Trinajstić information content (AvgIpc) is 2.38. The van der Waals surface area contributed by atoms with E-state index in [-0.39, 0.29) is 5.41 Å². The van der Waals surface area contributed by atoms with Gasteiger partial charge in [0, 0.05) is 16.5 Å². The maximum absolute atomic E-state index is 5.75. The fourth-order valence-corrected chi connectivity index (χ4v) is 1.36. The number of hydrogen-bond donors (Lipinski definition) is 0. The van der Waals surface area contributed by atoms with Crippen molar-refractivity contribution in [3.05, 3.63) is 17.0 Å². The molecule has 1 aliphatic rings. The maximum atomic E-state index is 5.75. The molecule has 0 aromatic rings. The van der Waals surface area contributed by atoms with Crippen LogP contribution in [0.2, 0.25) is 0 Å². The highest BCUT2D eigenvalue weighted by Crippen LogP contribution is 2.55. The van der Waals surface area contributed by atoms with Crippen LogP contribution in [0.1, 0.15) is 13.8 Å². The molecule has 0 amide bonds. The molecule has 1 rings (SSSR count). The summed E-state index contributed by atoms with van der Waals surface area (Å²) in [5, 5.41) is 0.752. The highest BCUT2D eigenvalue weighted by molar-refractivity contribution is 6.37. The number of hydrogen-bond acceptors (Lipinski definition) is 0. The SMILES string of the molecule is CC1(C)[CH]C1/C(Cl)=C/Cl. The second kappa shape index (κ2) is 2.17. The molecule has 1 atom stereocenters.